The highest BCUT2D eigenvalue weighted by Crippen LogP contribution is 2.38. The third-order valence-corrected chi connectivity index (χ3v) is 7.24. The second kappa shape index (κ2) is 8.88. The molecule has 34 heavy (non-hydrogen) atoms. The fraction of sp³-hybridized carbons (Fsp3) is 0.444. The largest absolute Gasteiger partial charge is 0.494 e. The van der Waals surface area contributed by atoms with Gasteiger partial charge in [0.15, 0.2) is 11.6 Å². The van der Waals surface area contributed by atoms with E-state index in [2.05, 4.69) is 62.8 Å². The number of hydrogen-bond acceptors (Lipinski definition) is 6. The van der Waals surface area contributed by atoms with Crippen LogP contribution in [0, 0.1) is 0 Å². The van der Waals surface area contributed by atoms with E-state index in [1.54, 1.807) is 6.33 Å². The molecule has 1 unspecified atom stereocenters. The molecule has 2 aromatic carbocycles. The summed E-state index contributed by atoms with van der Waals surface area (Å²) >= 11 is 0. The minimum absolute atomic E-state index is 0.229. The zero-order valence-electron chi connectivity index (χ0n) is 20.7. The number of fused-ring (bicyclic) bond motifs is 1. The van der Waals surface area contributed by atoms with Crippen molar-refractivity contribution in [3.05, 3.63) is 59.9 Å². The summed E-state index contributed by atoms with van der Waals surface area (Å²) in [4.78, 5) is 13.6. The molecule has 1 fully saturated rings. The quantitative estimate of drug-likeness (QED) is 0.371. The van der Waals surface area contributed by atoms with Crippen LogP contribution in [0.15, 0.2) is 48.8 Å². The average Bonchev–Trinajstić information content (AvgIpc) is 3.03. The zero-order chi connectivity index (χ0) is 23.9. The Hall–Kier alpha value is -2.61. The Balaban J connectivity index is 1.31. The fourth-order valence-corrected chi connectivity index (χ4v) is 4.28. The number of hydrogen-bond donors (Lipinski definition) is 0. The molecule has 0 amide bonds. The van der Waals surface area contributed by atoms with Gasteiger partial charge < -0.3 is 14.0 Å². The first kappa shape index (κ1) is 23.2. The summed E-state index contributed by atoms with van der Waals surface area (Å²) in [6.45, 7) is 11.2. The van der Waals surface area contributed by atoms with Gasteiger partial charge in [0.05, 0.1) is 17.3 Å². The Morgan fingerprint density at radius 1 is 0.941 bits per heavy atom. The molecule has 0 bridgehead atoms. The van der Waals surface area contributed by atoms with E-state index in [1.165, 1.54) is 11.1 Å². The fourth-order valence-electron chi connectivity index (χ4n) is 4.28. The van der Waals surface area contributed by atoms with Crippen molar-refractivity contribution < 1.29 is 14.0 Å². The van der Waals surface area contributed by atoms with Crippen LogP contribution in [0.5, 0.6) is 0 Å². The highest BCUT2D eigenvalue weighted by Gasteiger charge is 2.51. The van der Waals surface area contributed by atoms with E-state index in [9.17, 15) is 0 Å². The number of benzene rings is 2. The maximum atomic E-state index is 6.16. The lowest BCUT2D eigenvalue weighted by molar-refractivity contribution is 0.00578. The van der Waals surface area contributed by atoms with Crippen LogP contribution < -0.4 is 5.46 Å². The van der Waals surface area contributed by atoms with Gasteiger partial charge in [0.2, 0.25) is 0 Å². The van der Waals surface area contributed by atoms with E-state index in [-0.39, 0.29) is 24.4 Å². The molecule has 0 spiro atoms. The molecule has 2 heterocycles. The van der Waals surface area contributed by atoms with Gasteiger partial charge in [-0.1, -0.05) is 49.7 Å². The normalized spacial score (nSPS) is 20.1. The third-order valence-electron chi connectivity index (χ3n) is 7.24. The third kappa shape index (κ3) is 4.28. The standard InChI is InChI=1S/C27H32BN3O3/c1-6-7-14-32-23-16-20-15-19(10-13-22(20)23)25-30-17-29-24(31-25)18-8-11-21(12-9-18)28-33-26(2,3)27(4,5)34-28/h8-13,15,17,23H,6-7,14,16H2,1-5H3. The maximum Gasteiger partial charge on any atom is 0.494 e. The van der Waals surface area contributed by atoms with Gasteiger partial charge in [-0.05, 0) is 56.8 Å². The van der Waals surface area contributed by atoms with Crippen LogP contribution in [0.2, 0.25) is 0 Å². The van der Waals surface area contributed by atoms with E-state index in [0.717, 1.165) is 42.5 Å². The molecular formula is C27H32BN3O3. The highest BCUT2D eigenvalue weighted by atomic mass is 16.7. The Bertz CT molecular complexity index is 1160. The molecule has 1 aromatic heterocycles. The first-order chi connectivity index (χ1) is 16.3. The molecule has 1 aliphatic carbocycles. The molecule has 6 nitrogen and oxygen atoms in total. The number of ether oxygens (including phenoxy) is 1. The van der Waals surface area contributed by atoms with Crippen molar-refractivity contribution in [1.29, 1.82) is 0 Å². The van der Waals surface area contributed by atoms with Gasteiger partial charge in [-0.2, -0.15) is 0 Å². The lowest BCUT2D eigenvalue weighted by atomic mass is 9.79. The second-order valence-electron chi connectivity index (χ2n) is 10.2. The summed E-state index contributed by atoms with van der Waals surface area (Å²) in [6, 6.07) is 14.5. The molecule has 1 saturated heterocycles. The van der Waals surface area contributed by atoms with Crippen LogP contribution >= 0.6 is 0 Å². The van der Waals surface area contributed by atoms with Crippen LogP contribution in [-0.4, -0.2) is 39.9 Å². The van der Waals surface area contributed by atoms with E-state index < -0.39 is 0 Å². The second-order valence-corrected chi connectivity index (χ2v) is 10.2. The topological polar surface area (TPSA) is 66.4 Å². The number of rotatable bonds is 7. The minimum atomic E-state index is -0.384. The number of unbranched alkanes of at least 4 members (excludes halogenated alkanes) is 1. The van der Waals surface area contributed by atoms with Crippen LogP contribution in [0.25, 0.3) is 22.8 Å². The van der Waals surface area contributed by atoms with E-state index in [1.807, 2.05) is 24.3 Å². The molecule has 0 radical (unpaired) electrons. The Kier molecular flexibility index (Phi) is 6.04. The molecule has 1 aliphatic heterocycles. The van der Waals surface area contributed by atoms with Crippen molar-refractivity contribution >= 4 is 12.6 Å². The minimum Gasteiger partial charge on any atom is -0.399 e. The molecule has 5 rings (SSSR count). The molecule has 1 atom stereocenters. The SMILES string of the molecule is CCCCOC1Cc2cc(-c3ncnc(-c4ccc(B5OC(C)(C)C(C)(C)O5)cc4)n3)ccc21. The molecule has 7 heteroatoms. The number of aromatic nitrogens is 3. The van der Waals surface area contributed by atoms with Crippen LogP contribution in [0.4, 0.5) is 0 Å². The summed E-state index contributed by atoms with van der Waals surface area (Å²) in [5.74, 6) is 1.33. The molecule has 176 valence electrons. The number of nitrogens with zero attached hydrogens (tertiary/aromatic N) is 3. The van der Waals surface area contributed by atoms with Crippen molar-refractivity contribution in [3.63, 3.8) is 0 Å². The average molecular weight is 457 g/mol. The van der Waals surface area contributed by atoms with Gasteiger partial charge in [-0.15, -0.1) is 0 Å². The predicted octanol–water partition coefficient (Wildman–Crippen LogP) is 4.92. The van der Waals surface area contributed by atoms with E-state index in [4.69, 9.17) is 19.0 Å². The molecule has 0 N–H and O–H groups in total. The first-order valence-corrected chi connectivity index (χ1v) is 12.2. The molecule has 0 saturated carbocycles. The van der Waals surface area contributed by atoms with Crippen LogP contribution in [0.3, 0.4) is 0 Å². The predicted molar refractivity (Wildman–Crippen MR) is 134 cm³/mol. The smallest absolute Gasteiger partial charge is 0.399 e. The Labute approximate surface area is 202 Å². The summed E-state index contributed by atoms with van der Waals surface area (Å²) in [5.41, 5.74) is 4.78. The van der Waals surface area contributed by atoms with Gasteiger partial charge in [0, 0.05) is 24.2 Å². The van der Waals surface area contributed by atoms with Crippen molar-refractivity contribution in [2.45, 2.75) is 71.2 Å². The van der Waals surface area contributed by atoms with Crippen molar-refractivity contribution in [2.24, 2.45) is 0 Å². The molecule has 2 aliphatic rings. The summed E-state index contributed by atoms with van der Waals surface area (Å²) in [6.07, 6.45) is 5.02. The molecular weight excluding hydrogens is 425 g/mol. The van der Waals surface area contributed by atoms with Gasteiger partial charge in [-0.3, -0.25) is 0 Å². The van der Waals surface area contributed by atoms with Gasteiger partial charge in [0.25, 0.3) is 0 Å². The monoisotopic (exact) mass is 457 g/mol. The van der Waals surface area contributed by atoms with Crippen molar-refractivity contribution in [3.8, 4) is 22.8 Å². The van der Waals surface area contributed by atoms with Crippen LogP contribution in [0.1, 0.15) is 64.7 Å². The van der Waals surface area contributed by atoms with Gasteiger partial charge >= 0.3 is 7.12 Å². The zero-order valence-corrected chi connectivity index (χ0v) is 20.7. The summed E-state index contributed by atoms with van der Waals surface area (Å²) in [7, 11) is -0.384. The summed E-state index contributed by atoms with van der Waals surface area (Å²) < 4.78 is 18.3. The lowest BCUT2D eigenvalue weighted by Crippen LogP contribution is -2.41. The Morgan fingerprint density at radius 2 is 1.59 bits per heavy atom. The lowest BCUT2D eigenvalue weighted by Gasteiger charge is -2.32. The maximum absolute atomic E-state index is 6.16. The summed E-state index contributed by atoms with van der Waals surface area (Å²) in [5, 5.41) is 0. The van der Waals surface area contributed by atoms with Crippen molar-refractivity contribution in [2.75, 3.05) is 6.61 Å². The van der Waals surface area contributed by atoms with Crippen LogP contribution in [-0.2, 0) is 20.5 Å². The van der Waals surface area contributed by atoms with Gasteiger partial charge in [0.1, 0.15) is 6.33 Å². The van der Waals surface area contributed by atoms with Crippen molar-refractivity contribution in [1.82, 2.24) is 15.0 Å². The molecule has 3 aromatic rings. The Morgan fingerprint density at radius 3 is 2.24 bits per heavy atom. The van der Waals surface area contributed by atoms with Gasteiger partial charge in [-0.25, -0.2) is 15.0 Å². The van der Waals surface area contributed by atoms with E-state index in [0.29, 0.717) is 11.6 Å². The van der Waals surface area contributed by atoms with E-state index >= 15 is 0 Å². The highest BCUT2D eigenvalue weighted by molar-refractivity contribution is 6.62. The first-order valence-electron chi connectivity index (χ1n) is 12.2.